The summed E-state index contributed by atoms with van der Waals surface area (Å²) in [5.41, 5.74) is 8.52. The molecule has 2 aromatic rings. The summed E-state index contributed by atoms with van der Waals surface area (Å²) in [7, 11) is 2.17. The average Bonchev–Trinajstić information content (AvgIpc) is 3.21. The van der Waals surface area contributed by atoms with Gasteiger partial charge in [0.15, 0.2) is 0 Å². The van der Waals surface area contributed by atoms with E-state index in [1.165, 1.54) is 59.6 Å². The van der Waals surface area contributed by atoms with Crippen molar-refractivity contribution >= 4 is 27.3 Å². The first-order valence-electron chi connectivity index (χ1n) is 8.54. The Balaban J connectivity index is 1.71. The second-order valence-electron chi connectivity index (χ2n) is 6.66. The van der Waals surface area contributed by atoms with Crippen LogP contribution in [0.1, 0.15) is 24.0 Å². The first kappa shape index (κ1) is 15.1. The van der Waals surface area contributed by atoms with Crippen LogP contribution in [0.15, 0.2) is 36.4 Å². The highest BCUT2D eigenvalue weighted by molar-refractivity contribution is 9.09. The Labute approximate surface area is 147 Å². The first-order valence-corrected chi connectivity index (χ1v) is 9.67. The highest BCUT2D eigenvalue weighted by atomic mass is 79.9. The van der Waals surface area contributed by atoms with Crippen LogP contribution in [-0.2, 0) is 6.42 Å². The van der Waals surface area contributed by atoms with Gasteiger partial charge in [-0.2, -0.15) is 0 Å². The van der Waals surface area contributed by atoms with Crippen LogP contribution in [0.3, 0.4) is 0 Å². The molecule has 2 nitrogen and oxygen atoms in total. The Morgan fingerprint density at radius 3 is 2.43 bits per heavy atom. The fraction of sp³-hybridized carbons (Fsp3) is 0.400. The van der Waals surface area contributed by atoms with Crippen molar-refractivity contribution in [2.45, 2.75) is 19.3 Å². The first-order chi connectivity index (χ1) is 11.3. The van der Waals surface area contributed by atoms with Gasteiger partial charge in [0, 0.05) is 43.4 Å². The minimum Gasteiger partial charge on any atom is -0.374 e. The van der Waals surface area contributed by atoms with E-state index in [1.54, 1.807) is 0 Å². The molecule has 120 valence electrons. The third-order valence-corrected chi connectivity index (χ3v) is 5.54. The van der Waals surface area contributed by atoms with Gasteiger partial charge in [0.25, 0.3) is 0 Å². The van der Waals surface area contributed by atoms with Crippen LogP contribution >= 0.6 is 15.9 Å². The van der Waals surface area contributed by atoms with Crippen LogP contribution in [0.5, 0.6) is 0 Å². The van der Waals surface area contributed by atoms with Crippen molar-refractivity contribution < 1.29 is 0 Å². The van der Waals surface area contributed by atoms with Crippen LogP contribution < -0.4 is 9.80 Å². The van der Waals surface area contributed by atoms with Crippen molar-refractivity contribution in [1.82, 2.24) is 0 Å². The van der Waals surface area contributed by atoms with Crippen LogP contribution in [0.4, 0.5) is 11.4 Å². The Hall–Kier alpha value is -1.48. The number of halogens is 1. The molecule has 2 aliphatic rings. The minimum atomic E-state index is 0.996. The Morgan fingerprint density at radius 2 is 1.70 bits per heavy atom. The molecule has 2 aromatic carbocycles. The summed E-state index contributed by atoms with van der Waals surface area (Å²) in [4.78, 5) is 4.84. The van der Waals surface area contributed by atoms with E-state index in [-0.39, 0.29) is 0 Å². The van der Waals surface area contributed by atoms with Gasteiger partial charge in [-0.15, -0.1) is 0 Å². The molecule has 0 amide bonds. The largest absolute Gasteiger partial charge is 0.374 e. The molecular weight excluding hydrogens is 348 g/mol. The molecule has 1 fully saturated rings. The van der Waals surface area contributed by atoms with Gasteiger partial charge in [0.1, 0.15) is 0 Å². The fourth-order valence-electron chi connectivity index (χ4n) is 3.81. The van der Waals surface area contributed by atoms with Gasteiger partial charge in [0.05, 0.1) is 0 Å². The predicted molar refractivity (Wildman–Crippen MR) is 103 cm³/mol. The molecule has 0 spiro atoms. The second kappa shape index (κ2) is 6.20. The molecule has 3 heteroatoms. The summed E-state index contributed by atoms with van der Waals surface area (Å²) < 4.78 is 0. The number of hydrogen-bond donors (Lipinski definition) is 0. The van der Waals surface area contributed by atoms with Gasteiger partial charge in [-0.1, -0.05) is 28.1 Å². The van der Waals surface area contributed by atoms with Crippen molar-refractivity contribution in [2.24, 2.45) is 0 Å². The molecule has 0 atom stereocenters. The number of rotatable bonds is 4. The van der Waals surface area contributed by atoms with E-state index in [2.05, 4.69) is 69.2 Å². The van der Waals surface area contributed by atoms with Crippen molar-refractivity contribution in [3.8, 4) is 11.1 Å². The zero-order chi connectivity index (χ0) is 15.8. The third-order valence-electron chi connectivity index (χ3n) is 5.19. The summed E-state index contributed by atoms with van der Waals surface area (Å²) in [5.74, 6) is 0. The molecule has 0 unspecified atom stereocenters. The highest BCUT2D eigenvalue weighted by Crippen LogP contribution is 2.40. The predicted octanol–water partition coefficient (Wildman–Crippen LogP) is 4.69. The number of anilines is 2. The van der Waals surface area contributed by atoms with Gasteiger partial charge in [0.2, 0.25) is 0 Å². The number of fused-ring (bicyclic) bond motifs is 3. The minimum absolute atomic E-state index is 0.996. The number of hydrogen-bond acceptors (Lipinski definition) is 2. The van der Waals surface area contributed by atoms with E-state index in [0.29, 0.717) is 0 Å². The van der Waals surface area contributed by atoms with Gasteiger partial charge in [-0.25, -0.2) is 0 Å². The van der Waals surface area contributed by atoms with E-state index in [0.717, 1.165) is 18.3 Å². The lowest BCUT2D eigenvalue weighted by Crippen LogP contribution is -2.19. The number of alkyl halides is 1. The highest BCUT2D eigenvalue weighted by Gasteiger charge is 2.21. The maximum atomic E-state index is 3.54. The smallest absolute Gasteiger partial charge is 0.0372 e. The molecule has 0 aromatic heterocycles. The molecule has 0 saturated carbocycles. The van der Waals surface area contributed by atoms with Crippen molar-refractivity contribution in [3.05, 3.63) is 47.5 Å². The monoisotopic (exact) mass is 370 g/mol. The van der Waals surface area contributed by atoms with Gasteiger partial charge in [-0.05, 0) is 65.8 Å². The molecule has 4 rings (SSSR count). The standard InChI is InChI=1S/C20H23BrN2/c1-22(11-8-21)17-6-4-15-12-16-5-7-18(23-9-2-3-10-23)14-20(16)19(15)13-17/h4-7,13-14H,2-3,8-12H2,1H3. The molecular formula is C20H23BrN2. The molecule has 0 N–H and O–H groups in total. The molecule has 23 heavy (non-hydrogen) atoms. The van der Waals surface area contributed by atoms with Crippen LogP contribution in [0, 0.1) is 0 Å². The molecule has 0 radical (unpaired) electrons. The van der Waals surface area contributed by atoms with Gasteiger partial charge >= 0.3 is 0 Å². The average molecular weight is 371 g/mol. The summed E-state index contributed by atoms with van der Waals surface area (Å²) in [5, 5.41) is 0.996. The Morgan fingerprint density at radius 1 is 1.00 bits per heavy atom. The van der Waals surface area contributed by atoms with Crippen molar-refractivity contribution in [1.29, 1.82) is 0 Å². The van der Waals surface area contributed by atoms with E-state index in [9.17, 15) is 0 Å². The lowest BCUT2D eigenvalue weighted by Gasteiger charge is -2.20. The SMILES string of the molecule is CN(CCBr)c1ccc2c(c1)-c1cc(N3CCCC3)ccc1C2. The zero-order valence-corrected chi connectivity index (χ0v) is 15.3. The molecule has 1 aliphatic heterocycles. The second-order valence-corrected chi connectivity index (χ2v) is 7.46. The van der Waals surface area contributed by atoms with Crippen molar-refractivity contribution in [3.63, 3.8) is 0 Å². The van der Waals surface area contributed by atoms with Gasteiger partial charge < -0.3 is 9.80 Å². The van der Waals surface area contributed by atoms with Gasteiger partial charge in [-0.3, -0.25) is 0 Å². The van der Waals surface area contributed by atoms with E-state index in [1.807, 2.05) is 0 Å². The van der Waals surface area contributed by atoms with Crippen LogP contribution in [-0.4, -0.2) is 32.0 Å². The third kappa shape index (κ3) is 2.76. The van der Waals surface area contributed by atoms with E-state index < -0.39 is 0 Å². The van der Waals surface area contributed by atoms with Crippen molar-refractivity contribution in [2.75, 3.05) is 41.8 Å². The number of nitrogens with zero attached hydrogens (tertiary/aromatic N) is 2. The molecule has 1 aliphatic carbocycles. The summed E-state index contributed by atoms with van der Waals surface area (Å²) in [6, 6.07) is 14.0. The fourth-order valence-corrected chi connectivity index (χ4v) is 4.34. The maximum absolute atomic E-state index is 3.54. The Bertz CT molecular complexity index is 720. The molecule has 1 saturated heterocycles. The normalized spacial score (nSPS) is 15.7. The topological polar surface area (TPSA) is 6.48 Å². The molecule has 0 bridgehead atoms. The van der Waals surface area contributed by atoms with Crippen LogP contribution in [0.2, 0.25) is 0 Å². The van der Waals surface area contributed by atoms with Crippen LogP contribution in [0.25, 0.3) is 11.1 Å². The summed E-state index contributed by atoms with van der Waals surface area (Å²) in [6.45, 7) is 3.44. The summed E-state index contributed by atoms with van der Waals surface area (Å²) in [6.07, 6.45) is 3.73. The molecule has 1 heterocycles. The summed E-state index contributed by atoms with van der Waals surface area (Å²) >= 11 is 3.54. The number of benzene rings is 2. The maximum Gasteiger partial charge on any atom is 0.0372 e. The Kier molecular flexibility index (Phi) is 4.06. The van der Waals surface area contributed by atoms with E-state index in [4.69, 9.17) is 0 Å². The zero-order valence-electron chi connectivity index (χ0n) is 13.7. The van der Waals surface area contributed by atoms with E-state index >= 15 is 0 Å². The quantitative estimate of drug-likeness (QED) is 0.614. The lowest BCUT2D eigenvalue weighted by atomic mass is 10.0. The lowest BCUT2D eigenvalue weighted by molar-refractivity contribution is 0.949.